The summed E-state index contributed by atoms with van der Waals surface area (Å²) in [5, 5.41) is 10.5. The maximum atomic E-state index is 12.3. The van der Waals surface area contributed by atoms with Gasteiger partial charge in [0.15, 0.2) is 0 Å². The molecule has 0 spiro atoms. The van der Waals surface area contributed by atoms with Crippen LogP contribution in [0.4, 0.5) is 0 Å². The SMILES string of the molecule is O=C(CN1CSCC1=O)N1CCC([C@@H](O)c2ccccc2)CC1. The second kappa shape index (κ2) is 7.36. The van der Waals surface area contributed by atoms with Gasteiger partial charge in [-0.3, -0.25) is 9.59 Å². The fraction of sp³-hybridized carbons (Fsp3) is 0.529. The van der Waals surface area contributed by atoms with E-state index in [4.69, 9.17) is 0 Å². The quantitative estimate of drug-likeness (QED) is 0.906. The first-order valence-corrected chi connectivity index (χ1v) is 9.17. The molecule has 0 radical (unpaired) electrons. The normalized spacial score (nSPS) is 20.8. The molecule has 1 N–H and O–H groups in total. The predicted octanol–water partition coefficient (Wildman–Crippen LogP) is 1.49. The number of aliphatic hydroxyl groups excluding tert-OH is 1. The lowest BCUT2D eigenvalue weighted by molar-refractivity contribution is -0.139. The Morgan fingerprint density at radius 3 is 2.57 bits per heavy atom. The minimum absolute atomic E-state index is 0.0218. The van der Waals surface area contributed by atoms with E-state index in [0.717, 1.165) is 18.4 Å². The van der Waals surface area contributed by atoms with E-state index in [0.29, 0.717) is 24.7 Å². The second-order valence-electron chi connectivity index (χ2n) is 6.14. The van der Waals surface area contributed by atoms with Gasteiger partial charge in [0.1, 0.15) is 6.54 Å². The van der Waals surface area contributed by atoms with Crippen molar-refractivity contribution in [2.24, 2.45) is 5.92 Å². The Morgan fingerprint density at radius 1 is 1.26 bits per heavy atom. The smallest absolute Gasteiger partial charge is 0.242 e. The zero-order chi connectivity index (χ0) is 16.2. The molecule has 1 atom stereocenters. The van der Waals surface area contributed by atoms with Gasteiger partial charge in [-0.25, -0.2) is 0 Å². The Kier molecular flexibility index (Phi) is 5.23. The summed E-state index contributed by atoms with van der Waals surface area (Å²) in [6, 6.07) is 9.69. The summed E-state index contributed by atoms with van der Waals surface area (Å²) >= 11 is 1.55. The molecule has 1 aromatic rings. The van der Waals surface area contributed by atoms with Crippen LogP contribution in [-0.2, 0) is 9.59 Å². The molecule has 2 aliphatic heterocycles. The van der Waals surface area contributed by atoms with Crippen LogP contribution in [-0.4, -0.2) is 58.0 Å². The van der Waals surface area contributed by atoms with Gasteiger partial charge >= 0.3 is 0 Å². The standard InChI is InChI=1S/C17H22N2O3S/c20-15(10-19-12-23-11-16(19)21)18-8-6-14(7-9-18)17(22)13-4-2-1-3-5-13/h1-5,14,17,22H,6-12H2/t17-/m0/s1. The van der Waals surface area contributed by atoms with Crippen molar-refractivity contribution in [3.05, 3.63) is 35.9 Å². The highest BCUT2D eigenvalue weighted by molar-refractivity contribution is 8.00. The molecular weight excluding hydrogens is 312 g/mol. The van der Waals surface area contributed by atoms with Gasteiger partial charge in [-0.2, -0.15) is 0 Å². The summed E-state index contributed by atoms with van der Waals surface area (Å²) in [5.41, 5.74) is 0.942. The van der Waals surface area contributed by atoms with Crippen molar-refractivity contribution >= 4 is 23.6 Å². The van der Waals surface area contributed by atoms with E-state index in [1.165, 1.54) is 0 Å². The van der Waals surface area contributed by atoms with Crippen molar-refractivity contribution < 1.29 is 14.7 Å². The summed E-state index contributed by atoms with van der Waals surface area (Å²) < 4.78 is 0. The molecule has 0 unspecified atom stereocenters. The fourth-order valence-electron chi connectivity index (χ4n) is 3.19. The summed E-state index contributed by atoms with van der Waals surface area (Å²) in [5.74, 6) is 1.36. The van der Waals surface area contributed by atoms with E-state index < -0.39 is 6.10 Å². The summed E-state index contributed by atoms with van der Waals surface area (Å²) in [7, 11) is 0. The summed E-state index contributed by atoms with van der Waals surface area (Å²) in [4.78, 5) is 27.3. The van der Waals surface area contributed by atoms with Crippen molar-refractivity contribution in [2.75, 3.05) is 31.3 Å². The highest BCUT2D eigenvalue weighted by Crippen LogP contribution is 2.30. The minimum Gasteiger partial charge on any atom is -0.388 e. The van der Waals surface area contributed by atoms with Crippen LogP contribution in [0.1, 0.15) is 24.5 Å². The number of carbonyl (C=O) groups excluding carboxylic acids is 2. The Balaban J connectivity index is 1.50. The number of amides is 2. The monoisotopic (exact) mass is 334 g/mol. The van der Waals surface area contributed by atoms with Gasteiger partial charge in [-0.1, -0.05) is 30.3 Å². The van der Waals surface area contributed by atoms with Crippen LogP contribution < -0.4 is 0 Å². The average Bonchev–Trinajstić information content (AvgIpc) is 3.00. The molecule has 124 valence electrons. The molecular formula is C17H22N2O3S. The lowest BCUT2D eigenvalue weighted by Crippen LogP contribution is -2.45. The van der Waals surface area contributed by atoms with E-state index in [-0.39, 0.29) is 24.3 Å². The number of carbonyl (C=O) groups is 2. The van der Waals surface area contributed by atoms with E-state index >= 15 is 0 Å². The molecule has 2 saturated heterocycles. The topological polar surface area (TPSA) is 60.9 Å². The van der Waals surface area contributed by atoms with Gasteiger partial charge in [-0.05, 0) is 24.3 Å². The number of nitrogens with zero attached hydrogens (tertiary/aromatic N) is 2. The minimum atomic E-state index is -0.468. The largest absolute Gasteiger partial charge is 0.388 e. The van der Waals surface area contributed by atoms with Crippen molar-refractivity contribution in [1.82, 2.24) is 9.80 Å². The van der Waals surface area contributed by atoms with Crippen LogP contribution in [0.5, 0.6) is 0 Å². The molecule has 2 heterocycles. The van der Waals surface area contributed by atoms with E-state index in [2.05, 4.69) is 0 Å². The molecule has 2 amide bonds. The number of aliphatic hydroxyl groups is 1. The van der Waals surface area contributed by atoms with E-state index in [1.54, 1.807) is 16.7 Å². The molecule has 23 heavy (non-hydrogen) atoms. The number of hydrogen-bond acceptors (Lipinski definition) is 4. The van der Waals surface area contributed by atoms with Gasteiger partial charge in [-0.15, -0.1) is 11.8 Å². The molecule has 2 aliphatic rings. The number of rotatable bonds is 4. The molecule has 6 heteroatoms. The third kappa shape index (κ3) is 3.87. The first kappa shape index (κ1) is 16.3. The maximum Gasteiger partial charge on any atom is 0.242 e. The summed E-state index contributed by atoms with van der Waals surface area (Å²) in [6.45, 7) is 1.50. The lowest BCUT2D eigenvalue weighted by Gasteiger charge is -2.35. The van der Waals surface area contributed by atoms with Crippen LogP contribution in [0, 0.1) is 5.92 Å². The molecule has 2 fully saturated rings. The van der Waals surface area contributed by atoms with Gasteiger partial charge in [0.05, 0.1) is 17.7 Å². The molecule has 0 saturated carbocycles. The number of piperidine rings is 1. The van der Waals surface area contributed by atoms with Crippen molar-refractivity contribution in [3.8, 4) is 0 Å². The zero-order valence-electron chi connectivity index (χ0n) is 13.1. The van der Waals surface area contributed by atoms with Crippen molar-refractivity contribution in [1.29, 1.82) is 0 Å². The highest BCUT2D eigenvalue weighted by Gasteiger charge is 2.30. The lowest BCUT2D eigenvalue weighted by atomic mass is 9.87. The van der Waals surface area contributed by atoms with Crippen molar-refractivity contribution in [2.45, 2.75) is 18.9 Å². The van der Waals surface area contributed by atoms with Crippen molar-refractivity contribution in [3.63, 3.8) is 0 Å². The highest BCUT2D eigenvalue weighted by atomic mass is 32.2. The number of benzene rings is 1. The molecule has 0 aliphatic carbocycles. The molecule has 0 aromatic heterocycles. The maximum absolute atomic E-state index is 12.3. The first-order chi connectivity index (χ1) is 11.1. The van der Waals surface area contributed by atoms with Crippen LogP contribution in [0.3, 0.4) is 0 Å². The van der Waals surface area contributed by atoms with Gasteiger partial charge in [0.25, 0.3) is 0 Å². The molecule has 3 rings (SSSR count). The molecule has 1 aromatic carbocycles. The molecule has 0 bridgehead atoms. The van der Waals surface area contributed by atoms with Gasteiger partial charge in [0.2, 0.25) is 11.8 Å². The van der Waals surface area contributed by atoms with Crippen LogP contribution in [0.2, 0.25) is 0 Å². The number of likely N-dealkylation sites (tertiary alicyclic amines) is 1. The van der Waals surface area contributed by atoms with Gasteiger partial charge in [0, 0.05) is 13.1 Å². The van der Waals surface area contributed by atoms with Gasteiger partial charge < -0.3 is 14.9 Å². The Hall–Kier alpha value is -1.53. The third-order valence-electron chi connectivity index (χ3n) is 4.63. The zero-order valence-corrected chi connectivity index (χ0v) is 13.9. The van der Waals surface area contributed by atoms with Crippen LogP contribution in [0.25, 0.3) is 0 Å². The predicted molar refractivity (Wildman–Crippen MR) is 89.7 cm³/mol. The average molecular weight is 334 g/mol. The fourth-order valence-corrected chi connectivity index (χ4v) is 4.09. The summed E-state index contributed by atoms with van der Waals surface area (Å²) in [6.07, 6.45) is 1.12. The number of hydrogen-bond donors (Lipinski definition) is 1. The Bertz CT molecular complexity index is 558. The molecule has 5 nitrogen and oxygen atoms in total. The Morgan fingerprint density at radius 2 is 1.96 bits per heavy atom. The van der Waals surface area contributed by atoms with Crippen LogP contribution in [0.15, 0.2) is 30.3 Å². The Labute approximate surface area is 140 Å². The second-order valence-corrected chi connectivity index (χ2v) is 7.10. The van der Waals surface area contributed by atoms with E-state index in [9.17, 15) is 14.7 Å². The number of thioether (sulfide) groups is 1. The van der Waals surface area contributed by atoms with E-state index in [1.807, 2.05) is 35.2 Å². The first-order valence-electron chi connectivity index (χ1n) is 8.01. The van der Waals surface area contributed by atoms with Crippen LogP contribution >= 0.6 is 11.8 Å². The third-order valence-corrected chi connectivity index (χ3v) is 5.58.